The minimum atomic E-state index is 0.349. The molecule has 2 aliphatic carbocycles. The fourth-order valence-corrected chi connectivity index (χ4v) is 2.42. The maximum atomic E-state index is 12.1. The average molecular weight is 204 g/mol. The number of ketones is 1. The molecule has 0 aromatic carbocycles. The summed E-state index contributed by atoms with van der Waals surface area (Å²) in [6.45, 7) is 2.26. The second-order valence-electron chi connectivity index (χ2n) is 4.91. The summed E-state index contributed by atoms with van der Waals surface area (Å²) in [6, 6.07) is 0. The topological polar surface area (TPSA) is 17.1 Å². The largest absolute Gasteiger partial charge is 0.289 e. The zero-order valence-corrected chi connectivity index (χ0v) is 9.59. The maximum absolute atomic E-state index is 12.1. The van der Waals surface area contributed by atoms with Gasteiger partial charge in [0.05, 0.1) is 0 Å². The van der Waals surface area contributed by atoms with Crippen molar-refractivity contribution in [2.24, 2.45) is 5.92 Å². The van der Waals surface area contributed by atoms with Gasteiger partial charge in [-0.25, -0.2) is 0 Å². The number of rotatable bonds is 2. The third kappa shape index (κ3) is 2.58. The van der Waals surface area contributed by atoms with E-state index in [9.17, 15) is 4.79 Å². The third-order valence-corrected chi connectivity index (χ3v) is 3.55. The molecule has 1 atom stereocenters. The van der Waals surface area contributed by atoms with Gasteiger partial charge in [0, 0.05) is 0 Å². The lowest BCUT2D eigenvalue weighted by Gasteiger charge is -2.19. The van der Waals surface area contributed by atoms with E-state index in [4.69, 9.17) is 0 Å². The molecule has 0 heterocycles. The van der Waals surface area contributed by atoms with E-state index in [1.807, 2.05) is 0 Å². The van der Waals surface area contributed by atoms with Crippen LogP contribution in [-0.2, 0) is 4.79 Å². The Morgan fingerprint density at radius 1 is 1.20 bits per heavy atom. The zero-order valence-electron chi connectivity index (χ0n) is 9.59. The SMILES string of the molecule is CC1CC=C(C(=O)C2=CCCCC2)CC1. The van der Waals surface area contributed by atoms with Gasteiger partial charge < -0.3 is 0 Å². The molecule has 1 heteroatoms. The van der Waals surface area contributed by atoms with E-state index in [0.717, 1.165) is 42.7 Å². The van der Waals surface area contributed by atoms with Crippen molar-refractivity contribution in [1.82, 2.24) is 0 Å². The van der Waals surface area contributed by atoms with Gasteiger partial charge in [-0.2, -0.15) is 0 Å². The fourth-order valence-electron chi connectivity index (χ4n) is 2.42. The summed E-state index contributed by atoms with van der Waals surface area (Å²) in [5.74, 6) is 1.11. The number of hydrogen-bond acceptors (Lipinski definition) is 1. The molecule has 1 nitrogen and oxygen atoms in total. The van der Waals surface area contributed by atoms with Crippen LogP contribution in [0.4, 0.5) is 0 Å². The number of hydrogen-bond donors (Lipinski definition) is 0. The summed E-state index contributed by atoms with van der Waals surface area (Å²) >= 11 is 0. The smallest absolute Gasteiger partial charge is 0.184 e. The van der Waals surface area contributed by atoms with Crippen molar-refractivity contribution in [3.05, 3.63) is 23.3 Å². The van der Waals surface area contributed by atoms with Gasteiger partial charge in [-0.05, 0) is 62.0 Å². The van der Waals surface area contributed by atoms with Crippen LogP contribution in [0.15, 0.2) is 23.3 Å². The van der Waals surface area contributed by atoms with Gasteiger partial charge in [0.25, 0.3) is 0 Å². The predicted octanol–water partition coefficient (Wildman–Crippen LogP) is 3.80. The van der Waals surface area contributed by atoms with Crippen molar-refractivity contribution >= 4 is 5.78 Å². The second kappa shape index (κ2) is 4.78. The number of allylic oxidation sites excluding steroid dienone is 4. The molecule has 82 valence electrons. The van der Waals surface area contributed by atoms with Crippen LogP contribution >= 0.6 is 0 Å². The summed E-state index contributed by atoms with van der Waals surface area (Å²) in [5.41, 5.74) is 2.17. The highest BCUT2D eigenvalue weighted by atomic mass is 16.1. The minimum Gasteiger partial charge on any atom is -0.289 e. The Kier molecular flexibility index (Phi) is 3.40. The van der Waals surface area contributed by atoms with Gasteiger partial charge in [0.2, 0.25) is 0 Å². The summed E-state index contributed by atoms with van der Waals surface area (Å²) in [5, 5.41) is 0. The molecular formula is C14H20O. The zero-order chi connectivity index (χ0) is 10.7. The number of Topliss-reactive ketones (excluding diaryl/α,β-unsaturated/α-hetero) is 1. The van der Waals surface area contributed by atoms with E-state index in [2.05, 4.69) is 19.1 Å². The maximum Gasteiger partial charge on any atom is 0.184 e. The molecule has 0 saturated heterocycles. The van der Waals surface area contributed by atoms with Crippen LogP contribution in [0.2, 0.25) is 0 Å². The molecule has 0 amide bonds. The lowest BCUT2D eigenvalue weighted by molar-refractivity contribution is -0.112. The molecule has 0 radical (unpaired) electrons. The first kappa shape index (κ1) is 10.7. The van der Waals surface area contributed by atoms with E-state index >= 15 is 0 Å². The van der Waals surface area contributed by atoms with Crippen LogP contribution < -0.4 is 0 Å². The van der Waals surface area contributed by atoms with Crippen molar-refractivity contribution in [3.8, 4) is 0 Å². The quantitative estimate of drug-likeness (QED) is 0.668. The van der Waals surface area contributed by atoms with E-state index < -0.39 is 0 Å². The van der Waals surface area contributed by atoms with Crippen molar-refractivity contribution < 1.29 is 4.79 Å². The molecule has 1 unspecified atom stereocenters. The van der Waals surface area contributed by atoms with Crippen molar-refractivity contribution in [2.45, 2.75) is 51.9 Å². The van der Waals surface area contributed by atoms with Crippen LogP contribution in [0.1, 0.15) is 51.9 Å². The molecule has 0 bridgehead atoms. The molecule has 2 aliphatic rings. The molecule has 0 fully saturated rings. The highest BCUT2D eigenvalue weighted by Gasteiger charge is 2.19. The van der Waals surface area contributed by atoms with Crippen molar-refractivity contribution in [1.29, 1.82) is 0 Å². The summed E-state index contributed by atoms with van der Waals surface area (Å²) in [4.78, 5) is 12.1. The fraction of sp³-hybridized carbons (Fsp3) is 0.643. The van der Waals surface area contributed by atoms with Gasteiger partial charge in [-0.1, -0.05) is 19.1 Å². The molecule has 0 N–H and O–H groups in total. The Balaban J connectivity index is 2.04. The number of carbonyl (C=O) groups is 1. The van der Waals surface area contributed by atoms with Gasteiger partial charge in [0.1, 0.15) is 0 Å². The molecule has 2 rings (SSSR count). The van der Waals surface area contributed by atoms with Crippen LogP contribution in [0, 0.1) is 5.92 Å². The normalized spacial score (nSPS) is 26.9. The summed E-state index contributed by atoms with van der Waals surface area (Å²) in [7, 11) is 0. The first-order chi connectivity index (χ1) is 7.27. The van der Waals surface area contributed by atoms with Gasteiger partial charge in [0.15, 0.2) is 5.78 Å². The van der Waals surface area contributed by atoms with Gasteiger partial charge in [-0.15, -0.1) is 0 Å². The lowest BCUT2D eigenvalue weighted by Crippen LogP contribution is -2.13. The highest BCUT2D eigenvalue weighted by Crippen LogP contribution is 2.28. The lowest BCUT2D eigenvalue weighted by atomic mass is 9.85. The first-order valence-corrected chi connectivity index (χ1v) is 6.20. The predicted molar refractivity (Wildman–Crippen MR) is 62.7 cm³/mol. The van der Waals surface area contributed by atoms with Crippen LogP contribution in [-0.4, -0.2) is 5.78 Å². The Bertz CT molecular complexity index is 309. The van der Waals surface area contributed by atoms with Crippen LogP contribution in [0.25, 0.3) is 0 Å². The molecular weight excluding hydrogens is 184 g/mol. The summed E-state index contributed by atoms with van der Waals surface area (Å²) < 4.78 is 0. The number of carbonyl (C=O) groups excluding carboxylic acids is 1. The minimum absolute atomic E-state index is 0.349. The van der Waals surface area contributed by atoms with E-state index in [1.54, 1.807) is 0 Å². The standard InChI is InChI=1S/C14H20O/c1-11-7-9-13(10-8-11)14(15)12-5-3-2-4-6-12/h5,9,11H,2-4,6-8,10H2,1H3. The Morgan fingerprint density at radius 3 is 2.60 bits per heavy atom. The van der Waals surface area contributed by atoms with E-state index in [0.29, 0.717) is 5.78 Å². The Labute approximate surface area is 92.3 Å². The molecule has 0 aromatic rings. The van der Waals surface area contributed by atoms with Gasteiger partial charge in [-0.3, -0.25) is 4.79 Å². The second-order valence-corrected chi connectivity index (χ2v) is 4.91. The van der Waals surface area contributed by atoms with E-state index in [-0.39, 0.29) is 0 Å². The molecule has 0 aromatic heterocycles. The highest BCUT2D eigenvalue weighted by molar-refractivity contribution is 6.08. The summed E-state index contributed by atoms with van der Waals surface area (Å²) in [6.07, 6.45) is 12.2. The van der Waals surface area contributed by atoms with Crippen molar-refractivity contribution in [2.75, 3.05) is 0 Å². The van der Waals surface area contributed by atoms with Crippen LogP contribution in [0.5, 0.6) is 0 Å². The molecule has 15 heavy (non-hydrogen) atoms. The Morgan fingerprint density at radius 2 is 2.00 bits per heavy atom. The average Bonchev–Trinajstić information content (AvgIpc) is 2.30. The Hall–Kier alpha value is -0.850. The molecule has 0 spiro atoms. The molecule has 0 aliphatic heterocycles. The van der Waals surface area contributed by atoms with Crippen LogP contribution in [0.3, 0.4) is 0 Å². The first-order valence-electron chi connectivity index (χ1n) is 6.20. The van der Waals surface area contributed by atoms with Gasteiger partial charge >= 0.3 is 0 Å². The van der Waals surface area contributed by atoms with Crippen molar-refractivity contribution in [3.63, 3.8) is 0 Å². The monoisotopic (exact) mass is 204 g/mol. The molecule has 0 saturated carbocycles. The third-order valence-electron chi connectivity index (χ3n) is 3.55. The van der Waals surface area contributed by atoms with E-state index in [1.165, 1.54) is 19.3 Å².